The molecule has 0 spiro atoms. The second kappa shape index (κ2) is 13.1. The molecule has 1 aliphatic rings. The molecule has 11 nitrogen and oxygen atoms in total. The van der Waals surface area contributed by atoms with Crippen molar-refractivity contribution in [3.8, 4) is 17.2 Å². The topological polar surface area (TPSA) is 131 Å². The molecule has 1 aromatic heterocycles. The van der Waals surface area contributed by atoms with Crippen LogP contribution in [-0.2, 0) is 16.7 Å². The van der Waals surface area contributed by atoms with Gasteiger partial charge in [0.25, 0.3) is 5.91 Å². The molecule has 0 unspecified atom stereocenters. The number of rotatable bonds is 8. The number of aryl methyl sites for hydroxylation is 1. The van der Waals surface area contributed by atoms with Crippen molar-refractivity contribution in [1.29, 1.82) is 0 Å². The van der Waals surface area contributed by atoms with Gasteiger partial charge in [0.05, 0.1) is 25.6 Å². The lowest BCUT2D eigenvalue weighted by Gasteiger charge is -2.32. The zero-order chi connectivity index (χ0) is 31.3. The molecule has 2 aromatic carbocycles. The molecule has 1 fully saturated rings. The quantitative estimate of drug-likeness (QED) is 0.335. The summed E-state index contributed by atoms with van der Waals surface area (Å²) in [6, 6.07) is 12.3. The van der Waals surface area contributed by atoms with Gasteiger partial charge in [-0.15, -0.1) is 0 Å². The molecule has 0 radical (unpaired) electrons. The van der Waals surface area contributed by atoms with E-state index >= 15 is 0 Å². The standard InChI is InChI=1S/C32H38N4O7/c1-20-7-8-21(29(37)34-26-17-22(32(2,3)4)16-25(28(26)41-5)30(38)42-6)15-27(20)43-24-9-10-33-23(18-24)19-35-11-13-36(14-12-35)31(39)40/h7-10,15-18H,11-14,19H2,1-6H3,(H,34,37)(H,39,40). The van der Waals surface area contributed by atoms with Gasteiger partial charge in [-0.1, -0.05) is 26.8 Å². The lowest BCUT2D eigenvalue weighted by molar-refractivity contribution is 0.0596. The molecule has 4 rings (SSSR count). The van der Waals surface area contributed by atoms with Crippen LogP contribution < -0.4 is 14.8 Å². The maximum atomic E-state index is 13.5. The van der Waals surface area contributed by atoms with Crippen molar-refractivity contribution < 1.29 is 33.7 Å². The summed E-state index contributed by atoms with van der Waals surface area (Å²) in [7, 11) is 2.73. The minimum absolute atomic E-state index is 0.213. The number of methoxy groups -OCH3 is 2. The molecule has 2 amide bonds. The number of nitrogens with zero attached hydrogens (tertiary/aromatic N) is 3. The highest BCUT2D eigenvalue weighted by Gasteiger charge is 2.25. The molecule has 228 valence electrons. The predicted octanol–water partition coefficient (Wildman–Crippen LogP) is 5.32. The second-order valence-corrected chi connectivity index (χ2v) is 11.4. The molecular formula is C32H38N4O7. The van der Waals surface area contributed by atoms with Crippen LogP contribution in [0.3, 0.4) is 0 Å². The third-order valence-electron chi connectivity index (χ3n) is 7.31. The number of nitrogens with one attached hydrogen (secondary N) is 1. The summed E-state index contributed by atoms with van der Waals surface area (Å²) in [5, 5.41) is 12.1. The Bertz CT molecular complexity index is 1510. The van der Waals surface area contributed by atoms with Gasteiger partial charge in [-0.2, -0.15) is 0 Å². The highest BCUT2D eigenvalue weighted by Crippen LogP contribution is 2.36. The Labute approximate surface area is 251 Å². The number of piperazine rings is 1. The molecule has 2 N–H and O–H groups in total. The third-order valence-corrected chi connectivity index (χ3v) is 7.31. The van der Waals surface area contributed by atoms with Gasteiger partial charge in [-0.3, -0.25) is 14.7 Å². The third kappa shape index (κ3) is 7.61. The van der Waals surface area contributed by atoms with Crippen LogP contribution in [0.2, 0.25) is 0 Å². The van der Waals surface area contributed by atoms with Crippen LogP contribution >= 0.6 is 0 Å². The van der Waals surface area contributed by atoms with Crippen LogP contribution in [0.1, 0.15) is 58.3 Å². The summed E-state index contributed by atoms with van der Waals surface area (Å²) in [6.45, 7) is 10.6. The Morgan fingerprint density at radius 3 is 2.35 bits per heavy atom. The maximum absolute atomic E-state index is 13.5. The maximum Gasteiger partial charge on any atom is 0.407 e. The Morgan fingerprint density at radius 1 is 1.00 bits per heavy atom. The largest absolute Gasteiger partial charge is 0.494 e. The number of aromatic nitrogens is 1. The average Bonchev–Trinajstić information content (AvgIpc) is 2.97. The molecule has 0 saturated carbocycles. The number of carboxylic acid groups (broad SMARTS) is 1. The number of pyridine rings is 1. The van der Waals surface area contributed by atoms with E-state index in [1.165, 1.54) is 19.1 Å². The fourth-order valence-electron chi connectivity index (χ4n) is 4.74. The van der Waals surface area contributed by atoms with Crippen molar-refractivity contribution in [2.75, 3.05) is 45.7 Å². The molecule has 0 aliphatic carbocycles. The molecule has 3 aromatic rings. The van der Waals surface area contributed by atoms with Crippen molar-refractivity contribution >= 4 is 23.7 Å². The average molecular weight is 591 g/mol. The van der Waals surface area contributed by atoms with Gasteiger partial charge in [0.15, 0.2) is 5.75 Å². The van der Waals surface area contributed by atoms with E-state index in [1.54, 1.807) is 42.6 Å². The van der Waals surface area contributed by atoms with E-state index in [9.17, 15) is 19.5 Å². The summed E-state index contributed by atoms with van der Waals surface area (Å²) in [5.41, 5.74) is 3.07. The van der Waals surface area contributed by atoms with Gasteiger partial charge in [-0.05, 0) is 53.8 Å². The van der Waals surface area contributed by atoms with Gasteiger partial charge in [-0.25, -0.2) is 9.59 Å². The molecule has 1 saturated heterocycles. The Kier molecular flexibility index (Phi) is 9.55. The van der Waals surface area contributed by atoms with Crippen molar-refractivity contribution in [2.45, 2.75) is 39.7 Å². The van der Waals surface area contributed by atoms with Gasteiger partial charge in [0, 0.05) is 50.6 Å². The summed E-state index contributed by atoms with van der Waals surface area (Å²) in [4.78, 5) is 45.2. The highest BCUT2D eigenvalue weighted by molar-refractivity contribution is 6.07. The van der Waals surface area contributed by atoms with Crippen LogP contribution in [0.5, 0.6) is 17.2 Å². The van der Waals surface area contributed by atoms with E-state index in [0.717, 1.165) is 16.8 Å². The number of esters is 1. The number of hydrogen-bond donors (Lipinski definition) is 2. The van der Waals surface area contributed by atoms with E-state index in [0.29, 0.717) is 55.5 Å². The molecule has 0 atom stereocenters. The van der Waals surface area contributed by atoms with E-state index in [-0.39, 0.29) is 16.7 Å². The first kappa shape index (κ1) is 31.3. The van der Waals surface area contributed by atoms with Crippen LogP contribution in [0.4, 0.5) is 10.5 Å². The number of ether oxygens (including phenoxy) is 3. The number of amides is 2. The second-order valence-electron chi connectivity index (χ2n) is 11.4. The number of carbonyl (C=O) groups excluding carboxylic acids is 2. The van der Waals surface area contributed by atoms with Crippen molar-refractivity contribution in [1.82, 2.24) is 14.8 Å². The van der Waals surface area contributed by atoms with Gasteiger partial charge >= 0.3 is 12.1 Å². The summed E-state index contributed by atoms with van der Waals surface area (Å²) in [5.74, 6) is 0.317. The number of anilines is 1. The van der Waals surface area contributed by atoms with Gasteiger partial charge in [0.1, 0.15) is 17.1 Å². The molecular weight excluding hydrogens is 552 g/mol. The molecule has 2 heterocycles. The summed E-state index contributed by atoms with van der Waals surface area (Å²) < 4.78 is 16.7. The van der Waals surface area contributed by atoms with Crippen LogP contribution in [0.25, 0.3) is 0 Å². The lowest BCUT2D eigenvalue weighted by Crippen LogP contribution is -2.47. The first-order chi connectivity index (χ1) is 20.4. The molecule has 11 heteroatoms. The van der Waals surface area contributed by atoms with E-state index in [1.807, 2.05) is 33.8 Å². The van der Waals surface area contributed by atoms with Crippen LogP contribution in [-0.4, -0.2) is 78.3 Å². The lowest BCUT2D eigenvalue weighted by atomic mass is 9.85. The summed E-state index contributed by atoms with van der Waals surface area (Å²) in [6.07, 6.45) is 0.764. The Hall–Kier alpha value is -4.64. The summed E-state index contributed by atoms with van der Waals surface area (Å²) >= 11 is 0. The fourth-order valence-corrected chi connectivity index (χ4v) is 4.74. The number of benzene rings is 2. The van der Waals surface area contributed by atoms with E-state index < -0.39 is 18.0 Å². The monoisotopic (exact) mass is 590 g/mol. The fraction of sp³-hybridized carbons (Fsp3) is 0.375. The zero-order valence-electron chi connectivity index (χ0n) is 25.4. The highest BCUT2D eigenvalue weighted by atomic mass is 16.5. The minimum atomic E-state index is -0.900. The zero-order valence-corrected chi connectivity index (χ0v) is 25.4. The first-order valence-corrected chi connectivity index (χ1v) is 14.0. The van der Waals surface area contributed by atoms with Crippen LogP contribution in [0, 0.1) is 6.92 Å². The van der Waals surface area contributed by atoms with Gasteiger partial charge in [0.2, 0.25) is 0 Å². The Balaban J connectivity index is 1.53. The van der Waals surface area contributed by atoms with E-state index in [2.05, 4.69) is 15.2 Å². The van der Waals surface area contributed by atoms with Crippen molar-refractivity contribution in [2.24, 2.45) is 0 Å². The van der Waals surface area contributed by atoms with Crippen molar-refractivity contribution in [3.63, 3.8) is 0 Å². The molecule has 43 heavy (non-hydrogen) atoms. The minimum Gasteiger partial charge on any atom is -0.494 e. The Morgan fingerprint density at radius 2 is 1.72 bits per heavy atom. The number of hydrogen-bond acceptors (Lipinski definition) is 8. The van der Waals surface area contributed by atoms with Crippen LogP contribution in [0.15, 0.2) is 48.7 Å². The first-order valence-electron chi connectivity index (χ1n) is 14.0. The van der Waals surface area contributed by atoms with Gasteiger partial charge < -0.3 is 29.5 Å². The SMILES string of the molecule is COC(=O)c1cc(C(C)(C)C)cc(NC(=O)c2ccc(C)c(Oc3ccnc(CN4CCN(C(=O)O)CC4)c3)c2)c1OC. The number of carbonyl (C=O) groups is 3. The molecule has 0 bridgehead atoms. The molecule has 1 aliphatic heterocycles. The predicted molar refractivity (Wildman–Crippen MR) is 161 cm³/mol. The normalized spacial score (nSPS) is 13.8. The smallest absolute Gasteiger partial charge is 0.407 e. The van der Waals surface area contributed by atoms with Crippen molar-refractivity contribution in [3.05, 3.63) is 76.6 Å². The van der Waals surface area contributed by atoms with E-state index in [4.69, 9.17) is 14.2 Å².